The largest absolute Gasteiger partial charge is 0.307 e. The standard InChI is InChI=1S/C11H13ClFNO/c1-7(2)14-6-11(15)9-5-8(12)3-4-10(9)13/h3-5,7,14H,6H2,1-2H3. The number of hydrogen-bond donors (Lipinski definition) is 1. The number of nitrogens with one attached hydrogen (secondary N) is 1. The average molecular weight is 230 g/mol. The van der Waals surface area contributed by atoms with Gasteiger partial charge in [-0.25, -0.2) is 4.39 Å². The van der Waals surface area contributed by atoms with Crippen LogP contribution in [0.5, 0.6) is 0 Å². The predicted octanol–water partition coefficient (Wildman–Crippen LogP) is 2.66. The molecule has 0 saturated carbocycles. The van der Waals surface area contributed by atoms with Crippen LogP contribution >= 0.6 is 11.6 Å². The van der Waals surface area contributed by atoms with Gasteiger partial charge in [-0.2, -0.15) is 0 Å². The fourth-order valence-electron chi connectivity index (χ4n) is 1.10. The van der Waals surface area contributed by atoms with Crippen LogP contribution in [0.1, 0.15) is 24.2 Å². The summed E-state index contributed by atoms with van der Waals surface area (Å²) in [7, 11) is 0. The zero-order valence-electron chi connectivity index (χ0n) is 8.68. The lowest BCUT2D eigenvalue weighted by atomic mass is 10.1. The Morgan fingerprint density at radius 1 is 1.53 bits per heavy atom. The van der Waals surface area contributed by atoms with Crippen molar-refractivity contribution in [2.75, 3.05) is 6.54 Å². The van der Waals surface area contributed by atoms with Crippen LogP contribution < -0.4 is 5.32 Å². The van der Waals surface area contributed by atoms with Crippen molar-refractivity contribution < 1.29 is 9.18 Å². The zero-order valence-corrected chi connectivity index (χ0v) is 9.44. The molecule has 0 saturated heterocycles. The number of rotatable bonds is 4. The molecule has 1 N–H and O–H groups in total. The Morgan fingerprint density at radius 2 is 2.20 bits per heavy atom. The summed E-state index contributed by atoms with van der Waals surface area (Å²) in [5.41, 5.74) is 0.0376. The number of ketones is 1. The molecule has 2 nitrogen and oxygen atoms in total. The van der Waals surface area contributed by atoms with Crippen LogP contribution in [-0.2, 0) is 0 Å². The first-order valence-corrected chi connectivity index (χ1v) is 5.10. The third-order valence-electron chi connectivity index (χ3n) is 1.90. The Bertz CT molecular complexity index is 366. The van der Waals surface area contributed by atoms with Crippen LogP contribution in [0, 0.1) is 5.82 Å². The smallest absolute Gasteiger partial charge is 0.179 e. The highest BCUT2D eigenvalue weighted by molar-refractivity contribution is 6.31. The summed E-state index contributed by atoms with van der Waals surface area (Å²) in [5, 5.41) is 3.30. The lowest BCUT2D eigenvalue weighted by Gasteiger charge is -2.07. The van der Waals surface area contributed by atoms with E-state index in [2.05, 4.69) is 5.32 Å². The topological polar surface area (TPSA) is 29.1 Å². The van der Waals surface area contributed by atoms with E-state index in [4.69, 9.17) is 11.6 Å². The Kier molecular flexibility index (Phi) is 4.24. The van der Waals surface area contributed by atoms with E-state index in [1.54, 1.807) is 0 Å². The highest BCUT2D eigenvalue weighted by Crippen LogP contribution is 2.15. The molecule has 0 atom stereocenters. The van der Waals surface area contributed by atoms with E-state index in [0.717, 1.165) is 0 Å². The Hall–Kier alpha value is -0.930. The molecule has 0 radical (unpaired) electrons. The second-order valence-electron chi connectivity index (χ2n) is 3.58. The second kappa shape index (κ2) is 5.24. The first-order chi connectivity index (χ1) is 7.00. The van der Waals surface area contributed by atoms with Gasteiger partial charge in [0.2, 0.25) is 0 Å². The summed E-state index contributed by atoms with van der Waals surface area (Å²) in [5.74, 6) is -0.821. The molecule has 0 heterocycles. The summed E-state index contributed by atoms with van der Waals surface area (Å²) in [6.07, 6.45) is 0. The predicted molar refractivity (Wildman–Crippen MR) is 58.9 cm³/mol. The molecular formula is C11H13ClFNO. The van der Waals surface area contributed by atoms with Crippen LogP contribution in [0.2, 0.25) is 5.02 Å². The summed E-state index contributed by atoms with van der Waals surface area (Å²) in [4.78, 5) is 11.6. The third-order valence-corrected chi connectivity index (χ3v) is 2.13. The van der Waals surface area contributed by atoms with Crippen LogP contribution in [0.25, 0.3) is 0 Å². The first kappa shape index (κ1) is 12.1. The quantitative estimate of drug-likeness (QED) is 0.805. The van der Waals surface area contributed by atoms with Crippen LogP contribution in [0.3, 0.4) is 0 Å². The van der Waals surface area contributed by atoms with Crippen molar-refractivity contribution in [3.63, 3.8) is 0 Å². The minimum atomic E-state index is -0.532. The number of benzene rings is 1. The molecule has 1 aromatic rings. The number of carbonyl (C=O) groups is 1. The van der Waals surface area contributed by atoms with Gasteiger partial charge in [0, 0.05) is 11.1 Å². The molecule has 1 rings (SSSR count). The van der Waals surface area contributed by atoms with Gasteiger partial charge in [0.25, 0.3) is 0 Å². The SMILES string of the molecule is CC(C)NCC(=O)c1cc(Cl)ccc1F. The average Bonchev–Trinajstić information content (AvgIpc) is 2.18. The van der Waals surface area contributed by atoms with Gasteiger partial charge < -0.3 is 5.32 Å². The maximum absolute atomic E-state index is 13.2. The molecule has 4 heteroatoms. The highest BCUT2D eigenvalue weighted by atomic mass is 35.5. The molecule has 15 heavy (non-hydrogen) atoms. The molecule has 0 fully saturated rings. The normalized spacial score (nSPS) is 10.7. The minimum Gasteiger partial charge on any atom is -0.307 e. The molecule has 0 aromatic heterocycles. The molecule has 0 aliphatic heterocycles. The first-order valence-electron chi connectivity index (χ1n) is 4.72. The third kappa shape index (κ3) is 3.61. The number of carbonyl (C=O) groups excluding carboxylic acids is 1. The summed E-state index contributed by atoms with van der Waals surface area (Å²) in [6.45, 7) is 3.96. The number of Topliss-reactive ketones (excluding diaryl/α,β-unsaturated/α-hetero) is 1. The van der Waals surface area contributed by atoms with Gasteiger partial charge in [-0.3, -0.25) is 4.79 Å². The van der Waals surface area contributed by atoms with Gasteiger partial charge in [-0.15, -0.1) is 0 Å². The van der Waals surface area contributed by atoms with Gasteiger partial charge in [0.05, 0.1) is 12.1 Å². The van der Waals surface area contributed by atoms with Gasteiger partial charge in [-0.05, 0) is 18.2 Å². The Morgan fingerprint density at radius 3 is 2.80 bits per heavy atom. The Labute approximate surface area is 93.4 Å². The number of hydrogen-bond acceptors (Lipinski definition) is 2. The fraction of sp³-hybridized carbons (Fsp3) is 0.364. The van der Waals surface area contributed by atoms with Gasteiger partial charge in [0.15, 0.2) is 5.78 Å². The van der Waals surface area contributed by atoms with E-state index in [1.165, 1.54) is 18.2 Å². The van der Waals surface area contributed by atoms with Crippen LogP contribution in [0.4, 0.5) is 4.39 Å². The van der Waals surface area contributed by atoms with Crippen molar-refractivity contribution in [1.82, 2.24) is 5.32 Å². The summed E-state index contributed by atoms with van der Waals surface area (Å²) < 4.78 is 13.2. The minimum absolute atomic E-state index is 0.0376. The molecule has 0 aliphatic carbocycles. The Balaban J connectivity index is 2.77. The zero-order chi connectivity index (χ0) is 11.4. The van der Waals surface area contributed by atoms with Crippen LogP contribution in [0.15, 0.2) is 18.2 Å². The van der Waals surface area contributed by atoms with E-state index in [0.29, 0.717) is 5.02 Å². The lowest BCUT2D eigenvalue weighted by molar-refractivity contribution is 0.0984. The summed E-state index contributed by atoms with van der Waals surface area (Å²) in [6, 6.07) is 4.16. The van der Waals surface area contributed by atoms with E-state index < -0.39 is 5.82 Å². The maximum Gasteiger partial charge on any atom is 0.179 e. The van der Waals surface area contributed by atoms with E-state index in [1.807, 2.05) is 13.8 Å². The van der Waals surface area contributed by atoms with Gasteiger partial charge in [-0.1, -0.05) is 25.4 Å². The van der Waals surface area contributed by atoms with Crippen LogP contribution in [-0.4, -0.2) is 18.4 Å². The molecule has 1 aromatic carbocycles. The van der Waals surface area contributed by atoms with Crippen molar-refractivity contribution in [2.24, 2.45) is 0 Å². The molecule has 0 spiro atoms. The lowest BCUT2D eigenvalue weighted by Crippen LogP contribution is -2.29. The van der Waals surface area contributed by atoms with Crippen molar-refractivity contribution in [1.29, 1.82) is 0 Å². The second-order valence-corrected chi connectivity index (χ2v) is 4.02. The summed E-state index contributed by atoms with van der Waals surface area (Å²) >= 11 is 5.68. The monoisotopic (exact) mass is 229 g/mol. The van der Waals surface area contributed by atoms with Gasteiger partial charge >= 0.3 is 0 Å². The van der Waals surface area contributed by atoms with Crippen molar-refractivity contribution in [3.05, 3.63) is 34.6 Å². The van der Waals surface area contributed by atoms with Crippen molar-refractivity contribution in [2.45, 2.75) is 19.9 Å². The fourth-order valence-corrected chi connectivity index (χ4v) is 1.28. The van der Waals surface area contributed by atoms with Gasteiger partial charge in [0.1, 0.15) is 5.82 Å². The van der Waals surface area contributed by atoms with E-state index in [9.17, 15) is 9.18 Å². The maximum atomic E-state index is 13.2. The molecule has 82 valence electrons. The molecule has 0 unspecified atom stereocenters. The molecule has 0 amide bonds. The molecule has 0 aliphatic rings. The van der Waals surface area contributed by atoms with Crippen molar-refractivity contribution in [3.8, 4) is 0 Å². The molecule has 0 bridgehead atoms. The highest BCUT2D eigenvalue weighted by Gasteiger charge is 2.12. The molecular weight excluding hydrogens is 217 g/mol. The van der Waals surface area contributed by atoms with E-state index in [-0.39, 0.29) is 23.9 Å². The number of halogens is 2. The van der Waals surface area contributed by atoms with E-state index >= 15 is 0 Å². The van der Waals surface area contributed by atoms with Crippen molar-refractivity contribution >= 4 is 17.4 Å².